The van der Waals surface area contributed by atoms with Crippen LogP contribution in [0.25, 0.3) is 5.76 Å². The molecule has 2 N–H and O–H groups in total. The summed E-state index contributed by atoms with van der Waals surface area (Å²) < 4.78 is 0. The van der Waals surface area contributed by atoms with Gasteiger partial charge < -0.3 is 10.2 Å². The van der Waals surface area contributed by atoms with Gasteiger partial charge in [0.1, 0.15) is 17.0 Å². The molecule has 0 bridgehead atoms. The van der Waals surface area contributed by atoms with Crippen molar-refractivity contribution < 1.29 is 24.6 Å². The number of fused-ring (bicyclic) bond motifs is 1. The predicted molar refractivity (Wildman–Crippen MR) is 66.3 cm³/mol. The van der Waals surface area contributed by atoms with Crippen molar-refractivity contribution in [2.45, 2.75) is 0 Å². The lowest BCUT2D eigenvalue weighted by Gasteiger charge is -2.18. The van der Waals surface area contributed by atoms with E-state index < -0.39 is 28.9 Å². The van der Waals surface area contributed by atoms with Gasteiger partial charge in [0, 0.05) is 18.2 Å². The average molecular weight is 259 g/mol. The number of Topliss-reactive ketones (excluding diaryl/α,β-unsaturated/α-hetero) is 2. The van der Waals surface area contributed by atoms with Crippen LogP contribution in [0, 0.1) is 0 Å². The number of carboxylic acid groups (broad SMARTS) is 1. The zero-order valence-corrected chi connectivity index (χ0v) is 9.88. The Morgan fingerprint density at radius 1 is 1.16 bits per heavy atom. The third-order valence-electron chi connectivity index (χ3n) is 2.76. The SMILES string of the molecule is CN=C1C(=O)c2ccccc2C(O)=C1C(=O)C(=O)O. The van der Waals surface area contributed by atoms with Gasteiger partial charge in [-0.2, -0.15) is 0 Å². The van der Waals surface area contributed by atoms with Crippen molar-refractivity contribution in [1.82, 2.24) is 0 Å². The fourth-order valence-electron chi connectivity index (χ4n) is 1.91. The molecule has 0 radical (unpaired) electrons. The van der Waals surface area contributed by atoms with Crippen LogP contribution >= 0.6 is 0 Å². The van der Waals surface area contributed by atoms with Crippen molar-refractivity contribution >= 4 is 29.0 Å². The van der Waals surface area contributed by atoms with E-state index in [1.54, 1.807) is 12.1 Å². The van der Waals surface area contributed by atoms with E-state index >= 15 is 0 Å². The van der Waals surface area contributed by atoms with Gasteiger partial charge in [-0.15, -0.1) is 0 Å². The van der Waals surface area contributed by atoms with Gasteiger partial charge in [-0.1, -0.05) is 24.3 Å². The molecule has 1 aliphatic carbocycles. The van der Waals surface area contributed by atoms with Crippen LogP contribution in [0.2, 0.25) is 0 Å². The molecule has 96 valence electrons. The number of carbonyl (C=O) groups excluding carboxylic acids is 2. The van der Waals surface area contributed by atoms with Crippen LogP contribution < -0.4 is 0 Å². The van der Waals surface area contributed by atoms with E-state index in [9.17, 15) is 19.5 Å². The third kappa shape index (κ3) is 1.83. The summed E-state index contributed by atoms with van der Waals surface area (Å²) in [4.78, 5) is 38.1. The summed E-state index contributed by atoms with van der Waals surface area (Å²) in [6.07, 6.45) is 0. The normalized spacial score (nSPS) is 16.5. The molecule has 0 aromatic heterocycles. The molecular formula is C13H9NO5. The molecule has 0 atom stereocenters. The summed E-state index contributed by atoms with van der Waals surface area (Å²) in [6.45, 7) is 0. The Labute approximate surface area is 107 Å². The van der Waals surface area contributed by atoms with E-state index in [2.05, 4.69) is 4.99 Å². The minimum absolute atomic E-state index is 0.129. The molecule has 0 heterocycles. The molecule has 1 aromatic rings. The summed E-state index contributed by atoms with van der Waals surface area (Å²) in [5.74, 6) is -4.24. The molecule has 1 aromatic carbocycles. The molecule has 19 heavy (non-hydrogen) atoms. The predicted octanol–water partition coefficient (Wildman–Crippen LogP) is 0.877. The second-order valence-electron chi connectivity index (χ2n) is 3.80. The van der Waals surface area contributed by atoms with Crippen molar-refractivity contribution in [3.63, 3.8) is 0 Å². The highest BCUT2D eigenvalue weighted by atomic mass is 16.4. The first-order valence-corrected chi connectivity index (χ1v) is 5.31. The largest absolute Gasteiger partial charge is 0.506 e. The number of carboxylic acids is 1. The zero-order chi connectivity index (χ0) is 14.2. The van der Waals surface area contributed by atoms with Crippen LogP contribution in [-0.4, -0.2) is 40.5 Å². The summed E-state index contributed by atoms with van der Waals surface area (Å²) in [6, 6.07) is 6.08. The lowest BCUT2D eigenvalue weighted by molar-refractivity contribution is -0.147. The van der Waals surface area contributed by atoms with E-state index in [4.69, 9.17) is 5.11 Å². The van der Waals surface area contributed by atoms with Gasteiger partial charge in [0.15, 0.2) is 0 Å². The molecule has 0 saturated heterocycles. The Bertz CT molecular complexity index is 669. The number of aliphatic carboxylic acids is 1. The summed E-state index contributed by atoms with van der Waals surface area (Å²) in [7, 11) is 1.25. The number of hydrogen-bond acceptors (Lipinski definition) is 5. The number of ketones is 2. The summed E-state index contributed by atoms with van der Waals surface area (Å²) >= 11 is 0. The number of nitrogens with zero attached hydrogens (tertiary/aromatic N) is 1. The molecule has 0 aliphatic heterocycles. The number of aliphatic hydroxyl groups is 1. The Morgan fingerprint density at radius 2 is 1.74 bits per heavy atom. The molecule has 0 saturated carbocycles. The average Bonchev–Trinajstić information content (AvgIpc) is 2.41. The third-order valence-corrected chi connectivity index (χ3v) is 2.76. The van der Waals surface area contributed by atoms with Crippen LogP contribution in [0.1, 0.15) is 15.9 Å². The van der Waals surface area contributed by atoms with E-state index in [0.29, 0.717) is 0 Å². The summed E-state index contributed by atoms with van der Waals surface area (Å²) in [5, 5.41) is 18.8. The Morgan fingerprint density at radius 3 is 2.26 bits per heavy atom. The van der Waals surface area contributed by atoms with Crippen LogP contribution in [0.5, 0.6) is 0 Å². The van der Waals surface area contributed by atoms with Gasteiger partial charge in [-0.05, 0) is 0 Å². The van der Waals surface area contributed by atoms with E-state index in [0.717, 1.165) is 0 Å². The van der Waals surface area contributed by atoms with Crippen LogP contribution in [0.15, 0.2) is 34.8 Å². The maximum absolute atomic E-state index is 12.1. The highest BCUT2D eigenvalue weighted by molar-refractivity contribution is 6.64. The Kier molecular flexibility index (Phi) is 3.00. The number of aliphatic hydroxyl groups excluding tert-OH is 1. The molecule has 2 rings (SSSR count). The molecule has 0 unspecified atom stereocenters. The van der Waals surface area contributed by atoms with Crippen LogP contribution in [0.4, 0.5) is 0 Å². The Balaban J connectivity index is 2.79. The van der Waals surface area contributed by atoms with Crippen molar-refractivity contribution in [1.29, 1.82) is 0 Å². The lowest BCUT2D eigenvalue weighted by Crippen LogP contribution is -2.31. The molecule has 1 aliphatic rings. The van der Waals surface area contributed by atoms with Gasteiger partial charge in [-0.25, -0.2) is 4.79 Å². The van der Waals surface area contributed by atoms with Gasteiger partial charge in [-0.3, -0.25) is 14.6 Å². The quantitative estimate of drug-likeness (QED) is 0.767. The number of rotatable bonds is 2. The van der Waals surface area contributed by atoms with Crippen molar-refractivity contribution in [3.05, 3.63) is 41.0 Å². The van der Waals surface area contributed by atoms with Crippen LogP contribution in [0.3, 0.4) is 0 Å². The lowest BCUT2D eigenvalue weighted by atomic mass is 9.86. The van der Waals surface area contributed by atoms with Gasteiger partial charge in [0.05, 0.1) is 0 Å². The van der Waals surface area contributed by atoms with E-state index in [1.807, 2.05) is 0 Å². The van der Waals surface area contributed by atoms with E-state index in [-0.39, 0.29) is 16.8 Å². The smallest absolute Gasteiger partial charge is 0.377 e. The van der Waals surface area contributed by atoms with E-state index in [1.165, 1.54) is 19.2 Å². The maximum atomic E-state index is 12.1. The second kappa shape index (κ2) is 4.49. The van der Waals surface area contributed by atoms with Crippen LogP contribution in [-0.2, 0) is 9.59 Å². The molecule has 0 spiro atoms. The fraction of sp³-hybridized carbons (Fsp3) is 0.0769. The first-order chi connectivity index (χ1) is 8.99. The monoisotopic (exact) mass is 259 g/mol. The minimum Gasteiger partial charge on any atom is -0.506 e. The minimum atomic E-state index is -1.75. The van der Waals surface area contributed by atoms with Gasteiger partial charge in [0.2, 0.25) is 5.78 Å². The maximum Gasteiger partial charge on any atom is 0.377 e. The van der Waals surface area contributed by atoms with Gasteiger partial charge in [0.25, 0.3) is 5.78 Å². The number of benzene rings is 1. The molecule has 6 heteroatoms. The fourth-order valence-corrected chi connectivity index (χ4v) is 1.91. The number of carbonyl (C=O) groups is 3. The molecule has 0 fully saturated rings. The topological polar surface area (TPSA) is 104 Å². The highest BCUT2D eigenvalue weighted by Gasteiger charge is 2.36. The van der Waals surface area contributed by atoms with Gasteiger partial charge >= 0.3 is 5.97 Å². The zero-order valence-electron chi connectivity index (χ0n) is 9.88. The standard InChI is InChI=1S/C13H9NO5/c1-14-9-8(12(17)13(18)19)10(15)6-4-2-3-5-7(6)11(9)16/h2-5,15H,1H3,(H,18,19). The highest BCUT2D eigenvalue weighted by Crippen LogP contribution is 2.28. The first kappa shape index (κ1) is 12.7. The number of hydrogen-bond donors (Lipinski definition) is 2. The number of aliphatic imine (C=N–C) groups is 1. The second-order valence-corrected chi connectivity index (χ2v) is 3.80. The van der Waals surface area contributed by atoms with Crippen molar-refractivity contribution in [2.75, 3.05) is 7.05 Å². The molecular weight excluding hydrogens is 250 g/mol. The summed E-state index contributed by atoms with van der Waals surface area (Å²) in [5.41, 5.74) is -0.602. The first-order valence-electron chi connectivity index (χ1n) is 5.31. The molecule has 0 amide bonds. The molecule has 6 nitrogen and oxygen atoms in total. The van der Waals surface area contributed by atoms with Crippen molar-refractivity contribution in [2.24, 2.45) is 4.99 Å². The Hall–Kier alpha value is -2.76. The van der Waals surface area contributed by atoms with Crippen molar-refractivity contribution in [3.8, 4) is 0 Å².